The third kappa shape index (κ3) is 13.3. The largest absolute Gasteiger partial charge is 0.298 e. The summed E-state index contributed by atoms with van der Waals surface area (Å²) in [5.74, 6) is 0. The molecule has 0 aliphatic heterocycles. The summed E-state index contributed by atoms with van der Waals surface area (Å²) in [6, 6.07) is 0. The first-order chi connectivity index (χ1) is 1.73. The predicted octanol–water partition coefficient (Wildman–Crippen LogP) is 1.54. The Hall–Kier alpha value is 0.870. The fraction of sp³-hybridized carbons (Fsp3) is 0. The maximum Gasteiger partial charge on any atom is 0.207 e. The Kier molecular flexibility index (Phi) is 2.59. The Morgan fingerprint density at radius 3 is 2.00 bits per heavy atom. The van der Waals surface area contributed by atoms with Crippen LogP contribution in [0.2, 0.25) is 0 Å². The molecule has 0 spiro atoms. The Balaban J connectivity index is 2.80. The lowest BCUT2D eigenvalue weighted by molar-refractivity contribution is 0.603. The zero-order valence-electron chi connectivity index (χ0n) is 1.73. The molecule has 0 saturated carbocycles. The van der Waals surface area contributed by atoms with Crippen LogP contribution in [0.1, 0.15) is 0 Å². The number of thiol groups is 1. The van der Waals surface area contributed by atoms with Gasteiger partial charge in [-0.25, -0.2) is 0 Å². The van der Waals surface area contributed by atoms with Crippen LogP contribution in [0.25, 0.3) is 0 Å². The molecular weight excluding hydrogens is 114 g/mol. The molecule has 0 fully saturated rings. The van der Waals surface area contributed by atoms with Gasteiger partial charge in [0.2, 0.25) is 6.36 Å². The van der Waals surface area contributed by atoms with E-state index in [-0.39, 0.29) is 0 Å². The standard InChI is InChI=1S/ClH2OPS/c1-3(2)4/h3H,(H,2,4). The maximum atomic E-state index is 9.26. The van der Waals surface area contributed by atoms with Gasteiger partial charge >= 0.3 is 0 Å². The second-order valence-corrected chi connectivity index (χ2v) is 3.80. The van der Waals surface area contributed by atoms with Crippen molar-refractivity contribution < 1.29 is 4.57 Å². The molecule has 0 rings (SSSR count). The van der Waals surface area contributed by atoms with Crippen molar-refractivity contribution in [3.8, 4) is 0 Å². The van der Waals surface area contributed by atoms with Crippen LogP contribution in [-0.4, -0.2) is 0 Å². The van der Waals surface area contributed by atoms with E-state index in [1.807, 2.05) is 0 Å². The molecule has 0 aromatic rings. The summed E-state index contributed by atoms with van der Waals surface area (Å²) < 4.78 is 9.26. The van der Waals surface area contributed by atoms with Gasteiger partial charge in [-0.2, -0.15) is 0 Å². The Morgan fingerprint density at radius 2 is 2.00 bits per heavy atom. The highest BCUT2D eigenvalue weighted by atomic mass is 35.7. The molecule has 0 N–H and O–H groups in total. The fourth-order valence-electron chi connectivity index (χ4n) is 0. The van der Waals surface area contributed by atoms with Crippen molar-refractivity contribution in [2.24, 2.45) is 0 Å². The third-order valence-electron chi connectivity index (χ3n) is 0. The summed E-state index contributed by atoms with van der Waals surface area (Å²) in [6.07, 6.45) is -1.96. The lowest BCUT2D eigenvalue weighted by Crippen LogP contribution is -0.959. The molecule has 0 saturated heterocycles. The van der Waals surface area contributed by atoms with Crippen molar-refractivity contribution >= 4 is 29.8 Å². The zero-order valence-corrected chi connectivity index (χ0v) is 4.38. The van der Waals surface area contributed by atoms with Gasteiger partial charge in [0.25, 0.3) is 0 Å². The molecule has 0 aliphatic carbocycles. The van der Waals surface area contributed by atoms with Crippen molar-refractivity contribution in [1.29, 1.82) is 0 Å². The van der Waals surface area contributed by atoms with E-state index in [1.54, 1.807) is 0 Å². The first kappa shape index (κ1) is 4.87. The third-order valence-corrected chi connectivity index (χ3v) is 0. The maximum absolute atomic E-state index is 9.26. The molecule has 0 amide bonds. The number of halogens is 1. The minimum absolute atomic E-state index is 1.96. The molecule has 1 unspecified atom stereocenters. The molecule has 4 heteroatoms. The fourth-order valence-corrected chi connectivity index (χ4v) is 0. The molecule has 1 atom stereocenters. The second kappa shape index (κ2) is 2.13. The van der Waals surface area contributed by atoms with Gasteiger partial charge in [0.05, 0.1) is 0 Å². The van der Waals surface area contributed by atoms with Gasteiger partial charge in [0, 0.05) is 0 Å². The van der Waals surface area contributed by atoms with E-state index in [4.69, 9.17) is 0 Å². The summed E-state index contributed by atoms with van der Waals surface area (Å²) in [5.41, 5.74) is 0. The highest BCUT2D eigenvalue weighted by molar-refractivity contribution is 8.48. The van der Waals surface area contributed by atoms with Crippen LogP contribution in [0.3, 0.4) is 0 Å². The lowest BCUT2D eigenvalue weighted by Gasteiger charge is -1.55. The summed E-state index contributed by atoms with van der Waals surface area (Å²) in [4.78, 5) is 0. The van der Waals surface area contributed by atoms with Gasteiger partial charge in [-0.3, -0.25) is 4.57 Å². The Labute approximate surface area is 35.1 Å². The average Bonchev–Trinajstić information content (AvgIpc) is 0.811. The SMILES string of the molecule is O=[PH](S)Cl. The first-order valence-electron chi connectivity index (χ1n) is 0.617. The molecule has 0 heterocycles. The molecule has 0 aromatic carbocycles. The summed E-state index contributed by atoms with van der Waals surface area (Å²) in [6.45, 7) is 0. The highest BCUT2D eigenvalue weighted by Crippen LogP contribution is 2.30. The van der Waals surface area contributed by atoms with Crippen LogP contribution in [0, 0.1) is 0 Å². The van der Waals surface area contributed by atoms with Gasteiger partial charge in [-0.15, -0.1) is 12.2 Å². The Morgan fingerprint density at radius 1 is 2.00 bits per heavy atom. The van der Waals surface area contributed by atoms with E-state index in [1.165, 1.54) is 0 Å². The number of hydrogen-bond acceptors (Lipinski definition) is 1. The molecule has 0 aromatic heterocycles. The molecule has 4 heavy (non-hydrogen) atoms. The molecule has 26 valence electrons. The van der Waals surface area contributed by atoms with E-state index in [2.05, 4.69) is 23.5 Å². The van der Waals surface area contributed by atoms with Gasteiger partial charge in [-0.05, 0) is 11.2 Å². The minimum atomic E-state index is -1.96. The van der Waals surface area contributed by atoms with Gasteiger partial charge in [-0.1, -0.05) is 0 Å². The van der Waals surface area contributed by atoms with Crippen molar-refractivity contribution in [2.45, 2.75) is 0 Å². The molecule has 1 nitrogen and oxygen atoms in total. The molecular formula is H2ClOPS. The lowest BCUT2D eigenvalue weighted by atomic mass is 16.0. The van der Waals surface area contributed by atoms with Gasteiger partial charge < -0.3 is 0 Å². The van der Waals surface area contributed by atoms with E-state index in [0.717, 1.165) is 0 Å². The molecule has 0 radical (unpaired) electrons. The summed E-state index contributed by atoms with van der Waals surface area (Å²) in [5, 5.41) is 0. The Bertz CT molecular complexity index is 31.0. The van der Waals surface area contributed by atoms with Gasteiger partial charge in [0.15, 0.2) is 0 Å². The van der Waals surface area contributed by atoms with Crippen molar-refractivity contribution in [3.05, 3.63) is 0 Å². The monoisotopic (exact) mass is 116 g/mol. The highest BCUT2D eigenvalue weighted by Gasteiger charge is 1.64. The van der Waals surface area contributed by atoms with E-state index >= 15 is 0 Å². The predicted molar refractivity (Wildman–Crippen MR) is 23.8 cm³/mol. The van der Waals surface area contributed by atoms with Crippen LogP contribution < -0.4 is 0 Å². The van der Waals surface area contributed by atoms with E-state index in [0.29, 0.717) is 0 Å². The smallest absolute Gasteiger partial charge is 0.207 e. The van der Waals surface area contributed by atoms with Crippen LogP contribution in [0.15, 0.2) is 0 Å². The van der Waals surface area contributed by atoms with Gasteiger partial charge in [0.1, 0.15) is 0 Å². The number of hydrogen-bond donors (Lipinski definition) is 1. The van der Waals surface area contributed by atoms with Crippen LogP contribution >= 0.6 is 29.8 Å². The topological polar surface area (TPSA) is 17.1 Å². The van der Waals surface area contributed by atoms with Crippen LogP contribution in [0.4, 0.5) is 0 Å². The van der Waals surface area contributed by atoms with Crippen LogP contribution in [-0.2, 0) is 4.57 Å². The first-order valence-corrected chi connectivity index (χ1v) is 4.33. The van der Waals surface area contributed by atoms with E-state index in [9.17, 15) is 4.57 Å². The quantitative estimate of drug-likeness (QED) is 0.375. The molecule has 0 aliphatic rings. The summed E-state index contributed by atoms with van der Waals surface area (Å²) >= 11 is 7.96. The number of rotatable bonds is 0. The van der Waals surface area contributed by atoms with Crippen molar-refractivity contribution in [1.82, 2.24) is 0 Å². The van der Waals surface area contributed by atoms with E-state index < -0.39 is 6.36 Å². The second-order valence-electron chi connectivity index (χ2n) is 0.253. The van der Waals surface area contributed by atoms with Crippen LogP contribution in [0.5, 0.6) is 0 Å². The summed E-state index contributed by atoms with van der Waals surface area (Å²) in [7, 11) is 0. The van der Waals surface area contributed by atoms with Crippen molar-refractivity contribution in [2.75, 3.05) is 0 Å². The normalized spacial score (nSPS) is 15.5. The average molecular weight is 117 g/mol. The zero-order chi connectivity index (χ0) is 3.58. The molecule has 0 bridgehead atoms. The minimum Gasteiger partial charge on any atom is -0.298 e. The van der Waals surface area contributed by atoms with Crippen molar-refractivity contribution in [3.63, 3.8) is 0 Å².